The van der Waals surface area contributed by atoms with E-state index in [1.165, 1.54) is 6.07 Å². The zero-order valence-electron chi connectivity index (χ0n) is 17.6. The van der Waals surface area contributed by atoms with Crippen molar-refractivity contribution in [2.24, 2.45) is 0 Å². The Labute approximate surface area is 185 Å². The highest BCUT2D eigenvalue weighted by atomic mass is 19.4. The van der Waals surface area contributed by atoms with Crippen molar-refractivity contribution in [2.45, 2.75) is 31.5 Å². The van der Waals surface area contributed by atoms with E-state index in [4.69, 9.17) is 4.74 Å². The molecule has 7 heteroatoms. The van der Waals surface area contributed by atoms with Gasteiger partial charge in [0.1, 0.15) is 6.10 Å². The monoisotopic (exact) mass is 442 g/mol. The molecule has 4 nitrogen and oxygen atoms in total. The summed E-state index contributed by atoms with van der Waals surface area (Å²) < 4.78 is 44.0. The first kappa shape index (κ1) is 22.1. The summed E-state index contributed by atoms with van der Waals surface area (Å²) in [4.78, 5) is 6.05. The summed E-state index contributed by atoms with van der Waals surface area (Å²) in [7, 11) is 0. The average Bonchev–Trinajstić information content (AvgIpc) is 3.26. The van der Waals surface area contributed by atoms with Gasteiger partial charge in [0.25, 0.3) is 0 Å². The molecule has 0 spiro atoms. The highest BCUT2D eigenvalue weighted by Crippen LogP contribution is 2.32. The van der Waals surface area contributed by atoms with Gasteiger partial charge < -0.3 is 14.7 Å². The fourth-order valence-corrected chi connectivity index (χ4v) is 4.01. The van der Waals surface area contributed by atoms with Crippen molar-refractivity contribution >= 4 is 5.69 Å². The van der Waals surface area contributed by atoms with Crippen LogP contribution < -0.4 is 9.64 Å². The van der Waals surface area contributed by atoms with Gasteiger partial charge in [-0.05, 0) is 47.7 Å². The van der Waals surface area contributed by atoms with Crippen molar-refractivity contribution in [1.82, 2.24) is 4.98 Å². The molecule has 2 heterocycles. The summed E-state index contributed by atoms with van der Waals surface area (Å²) >= 11 is 0. The number of aromatic nitrogens is 1. The fourth-order valence-electron chi connectivity index (χ4n) is 4.01. The summed E-state index contributed by atoms with van der Waals surface area (Å²) in [6.45, 7) is 1.53. The number of hydrogen-bond donors (Lipinski definition) is 1. The number of halogens is 3. The second-order valence-corrected chi connectivity index (χ2v) is 7.89. The molecule has 0 aliphatic carbocycles. The van der Waals surface area contributed by atoms with E-state index in [0.29, 0.717) is 13.0 Å². The normalized spacial score (nSPS) is 16.4. The number of rotatable bonds is 7. The second-order valence-electron chi connectivity index (χ2n) is 7.89. The Hall–Kier alpha value is -3.06. The van der Waals surface area contributed by atoms with Crippen molar-refractivity contribution in [3.05, 3.63) is 78.0 Å². The van der Waals surface area contributed by atoms with Gasteiger partial charge in [-0.25, -0.2) is 4.98 Å². The number of anilines is 1. The summed E-state index contributed by atoms with van der Waals surface area (Å²) in [5.74, 6) is 0.199. The zero-order valence-corrected chi connectivity index (χ0v) is 17.6. The van der Waals surface area contributed by atoms with E-state index in [0.717, 1.165) is 54.0 Å². The van der Waals surface area contributed by atoms with Crippen LogP contribution in [-0.2, 0) is 12.6 Å². The van der Waals surface area contributed by atoms with Crippen LogP contribution in [0.25, 0.3) is 11.1 Å². The fraction of sp³-hybridized carbons (Fsp3) is 0.320. The number of alkyl halides is 3. The molecule has 168 valence electrons. The lowest BCUT2D eigenvalue weighted by Crippen LogP contribution is -2.25. The van der Waals surface area contributed by atoms with E-state index in [1.54, 1.807) is 0 Å². The first-order valence-corrected chi connectivity index (χ1v) is 10.7. The van der Waals surface area contributed by atoms with Crippen molar-refractivity contribution in [3.63, 3.8) is 0 Å². The number of nitrogens with zero attached hydrogens (tertiary/aromatic N) is 2. The molecule has 1 aliphatic heterocycles. The van der Waals surface area contributed by atoms with Crippen molar-refractivity contribution in [1.29, 1.82) is 0 Å². The number of aryl methyl sites for hydroxylation is 1. The number of aliphatic hydroxyl groups is 1. The molecule has 1 aliphatic rings. The van der Waals surface area contributed by atoms with Gasteiger partial charge in [0.15, 0.2) is 0 Å². The van der Waals surface area contributed by atoms with Crippen LogP contribution in [0.4, 0.5) is 18.9 Å². The van der Waals surface area contributed by atoms with Gasteiger partial charge in [-0.1, -0.05) is 36.4 Å². The van der Waals surface area contributed by atoms with Gasteiger partial charge in [0.2, 0.25) is 5.88 Å². The second kappa shape index (κ2) is 9.61. The van der Waals surface area contributed by atoms with Crippen LogP contribution in [0, 0.1) is 0 Å². The lowest BCUT2D eigenvalue weighted by Gasteiger charge is -2.23. The zero-order chi connectivity index (χ0) is 22.6. The summed E-state index contributed by atoms with van der Waals surface area (Å²) in [6, 6.07) is 18.8. The first-order valence-electron chi connectivity index (χ1n) is 10.7. The molecular weight excluding hydrogens is 417 g/mol. The van der Waals surface area contributed by atoms with Gasteiger partial charge in [0, 0.05) is 37.5 Å². The minimum atomic E-state index is -4.41. The molecule has 2 aromatic carbocycles. The third-order valence-electron chi connectivity index (χ3n) is 5.63. The van der Waals surface area contributed by atoms with E-state index in [2.05, 4.69) is 40.2 Å². The van der Waals surface area contributed by atoms with Gasteiger partial charge in [-0.2, -0.15) is 13.2 Å². The molecule has 32 heavy (non-hydrogen) atoms. The number of pyridine rings is 1. The molecule has 1 aromatic heterocycles. The highest BCUT2D eigenvalue weighted by Gasteiger charge is 2.31. The quantitative estimate of drug-likeness (QED) is 0.536. The molecule has 4 rings (SSSR count). The van der Waals surface area contributed by atoms with Crippen LogP contribution in [0.2, 0.25) is 0 Å². The lowest BCUT2D eigenvalue weighted by atomic mass is 9.99. The van der Waals surface area contributed by atoms with Crippen LogP contribution in [-0.4, -0.2) is 35.9 Å². The number of benzene rings is 2. The predicted molar refractivity (Wildman–Crippen MR) is 118 cm³/mol. The Balaban J connectivity index is 1.47. The van der Waals surface area contributed by atoms with Gasteiger partial charge in [0.05, 0.1) is 12.1 Å². The SMILES string of the molecule is OCCCc1cc(-c2ccccc2)ccc1N1CCC(Oc2ccc(C(F)(F)F)cn2)C1. The number of hydrogen-bond acceptors (Lipinski definition) is 4. The number of ether oxygens (including phenoxy) is 1. The van der Waals surface area contributed by atoms with Crippen LogP contribution in [0.5, 0.6) is 5.88 Å². The summed E-state index contributed by atoms with van der Waals surface area (Å²) in [5.41, 5.74) is 3.74. The predicted octanol–water partition coefficient (Wildman–Crippen LogP) is 5.35. The third-order valence-corrected chi connectivity index (χ3v) is 5.63. The van der Waals surface area contributed by atoms with Crippen molar-refractivity contribution in [3.8, 4) is 17.0 Å². The van der Waals surface area contributed by atoms with Crippen LogP contribution in [0.15, 0.2) is 66.9 Å². The maximum absolute atomic E-state index is 12.7. The molecule has 1 saturated heterocycles. The Bertz CT molecular complexity index is 1020. The van der Waals surface area contributed by atoms with Gasteiger partial charge >= 0.3 is 6.18 Å². The molecule has 0 amide bonds. The van der Waals surface area contributed by atoms with E-state index < -0.39 is 11.7 Å². The van der Waals surface area contributed by atoms with Crippen LogP contribution >= 0.6 is 0 Å². The Kier molecular flexibility index (Phi) is 6.65. The van der Waals surface area contributed by atoms with E-state index >= 15 is 0 Å². The molecule has 0 saturated carbocycles. The van der Waals surface area contributed by atoms with Gasteiger partial charge in [-0.15, -0.1) is 0 Å². The smallest absolute Gasteiger partial charge is 0.417 e. The van der Waals surface area contributed by atoms with E-state index in [-0.39, 0.29) is 18.6 Å². The Morgan fingerprint density at radius 3 is 2.53 bits per heavy atom. The maximum Gasteiger partial charge on any atom is 0.417 e. The van der Waals surface area contributed by atoms with E-state index in [1.807, 2.05) is 18.2 Å². The molecule has 3 aromatic rings. The molecular formula is C25H25F3N2O2. The van der Waals surface area contributed by atoms with Crippen molar-refractivity contribution in [2.75, 3.05) is 24.6 Å². The highest BCUT2D eigenvalue weighted by molar-refractivity contribution is 5.69. The third kappa shape index (κ3) is 5.22. The number of aliphatic hydroxyl groups excluding tert-OH is 1. The van der Waals surface area contributed by atoms with Crippen LogP contribution in [0.3, 0.4) is 0 Å². The minimum Gasteiger partial charge on any atom is -0.472 e. The molecule has 1 unspecified atom stereocenters. The maximum atomic E-state index is 12.7. The molecule has 1 N–H and O–H groups in total. The molecule has 1 fully saturated rings. The first-order chi connectivity index (χ1) is 15.4. The van der Waals surface area contributed by atoms with Crippen LogP contribution in [0.1, 0.15) is 24.0 Å². The largest absolute Gasteiger partial charge is 0.472 e. The topological polar surface area (TPSA) is 45.6 Å². The van der Waals surface area contributed by atoms with E-state index in [9.17, 15) is 18.3 Å². The lowest BCUT2D eigenvalue weighted by molar-refractivity contribution is -0.137. The molecule has 0 radical (unpaired) electrons. The Morgan fingerprint density at radius 1 is 1.03 bits per heavy atom. The standard InChI is InChI=1S/C25H25F3N2O2/c26-25(27,28)21-9-11-24(29-16-21)32-22-12-13-30(17-22)23-10-8-19(15-20(23)7-4-14-31)18-5-2-1-3-6-18/h1-3,5-6,8-11,15-16,22,31H,4,7,12-14,17H2. The Morgan fingerprint density at radius 2 is 1.84 bits per heavy atom. The summed E-state index contributed by atoms with van der Waals surface area (Å²) in [6.07, 6.45) is -1.57. The summed E-state index contributed by atoms with van der Waals surface area (Å²) in [5, 5.41) is 9.34. The average molecular weight is 442 g/mol. The van der Waals surface area contributed by atoms with Crippen molar-refractivity contribution < 1.29 is 23.0 Å². The minimum absolute atomic E-state index is 0.125. The molecule has 0 bridgehead atoms. The molecule has 1 atom stereocenters. The van der Waals surface area contributed by atoms with Gasteiger partial charge in [-0.3, -0.25) is 0 Å².